The molecule has 4 N–H and O–H groups in total. The number of nitrogens with zero attached hydrogens (tertiary/aromatic N) is 2. The van der Waals surface area contributed by atoms with E-state index in [4.69, 9.17) is 10.3 Å². The van der Waals surface area contributed by atoms with Gasteiger partial charge >= 0.3 is 0 Å². The van der Waals surface area contributed by atoms with Crippen LogP contribution in [-0.4, -0.2) is 48.2 Å². The second-order valence-corrected chi connectivity index (χ2v) is 12.7. The molecule has 0 saturated carbocycles. The van der Waals surface area contributed by atoms with Crippen molar-refractivity contribution in [3.05, 3.63) is 66.0 Å². The van der Waals surface area contributed by atoms with Crippen molar-refractivity contribution in [1.29, 1.82) is 0 Å². The third-order valence-electron chi connectivity index (χ3n) is 5.10. The van der Waals surface area contributed by atoms with E-state index in [-0.39, 0.29) is 29.2 Å². The quantitative estimate of drug-likeness (QED) is 0.372. The molecular formula is C22H25N4O6PS. The summed E-state index contributed by atoms with van der Waals surface area (Å²) in [6, 6.07) is 12.4. The second-order valence-electron chi connectivity index (χ2n) is 7.38. The zero-order valence-corrected chi connectivity index (χ0v) is 20.3. The van der Waals surface area contributed by atoms with Crippen molar-refractivity contribution in [2.24, 2.45) is 0 Å². The normalized spacial score (nSPS) is 13.3. The summed E-state index contributed by atoms with van der Waals surface area (Å²) in [7, 11) is -5.90. The molecule has 34 heavy (non-hydrogen) atoms. The molecule has 0 fully saturated rings. The van der Waals surface area contributed by atoms with E-state index < -0.39 is 28.6 Å². The maximum absolute atomic E-state index is 12.8. The van der Waals surface area contributed by atoms with Crippen molar-refractivity contribution in [1.82, 2.24) is 9.97 Å². The highest BCUT2D eigenvalue weighted by Gasteiger charge is 2.29. The number of hydrogen-bond donors (Lipinski definition) is 3. The van der Waals surface area contributed by atoms with Crippen LogP contribution in [0.15, 0.2) is 59.6 Å². The van der Waals surface area contributed by atoms with Gasteiger partial charge in [0, 0.05) is 24.5 Å². The number of amides is 1. The minimum atomic E-state index is -3.85. The summed E-state index contributed by atoms with van der Waals surface area (Å²) in [4.78, 5) is 21.1. The number of aliphatic hydroxyl groups is 1. The van der Waals surface area contributed by atoms with Gasteiger partial charge in [0.15, 0.2) is 21.3 Å². The Bertz CT molecular complexity index is 1320. The summed E-state index contributed by atoms with van der Waals surface area (Å²) < 4.78 is 42.5. The number of aromatic nitrogens is 2. The molecule has 12 heteroatoms. The molecule has 3 rings (SSSR count). The molecule has 1 amide bonds. The fraction of sp³-hybridized carbons (Fsp3) is 0.227. The topological polar surface area (TPSA) is 162 Å². The Morgan fingerprint density at radius 1 is 1.15 bits per heavy atom. The van der Waals surface area contributed by atoms with Gasteiger partial charge in [0.05, 0.1) is 23.4 Å². The average molecular weight is 505 g/mol. The smallest absolute Gasteiger partial charge is 0.278 e. The number of nitrogens with two attached hydrogens (primary N) is 1. The fourth-order valence-electron chi connectivity index (χ4n) is 3.03. The number of benzene rings is 2. The van der Waals surface area contributed by atoms with Gasteiger partial charge in [-0.1, -0.05) is 31.2 Å². The Morgan fingerprint density at radius 3 is 2.35 bits per heavy atom. The maximum atomic E-state index is 12.8. The third-order valence-corrected chi connectivity index (χ3v) is 10.7. The number of aliphatic hydroxyl groups excluding tert-OH is 1. The minimum Gasteiger partial charge on any atom is -0.392 e. The van der Waals surface area contributed by atoms with Gasteiger partial charge < -0.3 is 20.7 Å². The van der Waals surface area contributed by atoms with Crippen molar-refractivity contribution in [2.75, 3.05) is 29.8 Å². The average Bonchev–Trinajstić information content (AvgIpc) is 2.84. The van der Waals surface area contributed by atoms with E-state index in [2.05, 4.69) is 15.3 Å². The van der Waals surface area contributed by atoms with Crippen LogP contribution in [0.25, 0.3) is 11.3 Å². The molecule has 180 valence electrons. The van der Waals surface area contributed by atoms with Crippen LogP contribution >= 0.6 is 7.37 Å². The van der Waals surface area contributed by atoms with Crippen molar-refractivity contribution in [3.63, 3.8) is 0 Å². The van der Waals surface area contributed by atoms with Crippen LogP contribution in [0.2, 0.25) is 0 Å². The molecule has 0 aliphatic heterocycles. The van der Waals surface area contributed by atoms with Gasteiger partial charge in [-0.15, -0.1) is 0 Å². The van der Waals surface area contributed by atoms with Crippen LogP contribution in [0.5, 0.6) is 0 Å². The van der Waals surface area contributed by atoms with Crippen molar-refractivity contribution >= 4 is 34.6 Å². The first-order valence-electron chi connectivity index (χ1n) is 10.2. The number of carbonyl (C=O) groups excluding carboxylic acids is 1. The summed E-state index contributed by atoms with van der Waals surface area (Å²) in [6.07, 6.45) is 1.54. The van der Waals surface area contributed by atoms with E-state index in [9.17, 15) is 22.9 Å². The number of anilines is 2. The van der Waals surface area contributed by atoms with Crippen molar-refractivity contribution in [2.45, 2.75) is 18.4 Å². The monoisotopic (exact) mass is 504 g/mol. The van der Waals surface area contributed by atoms with E-state index >= 15 is 0 Å². The highest BCUT2D eigenvalue weighted by molar-refractivity contribution is 7.98. The zero-order valence-electron chi connectivity index (χ0n) is 18.6. The zero-order chi connectivity index (χ0) is 24.9. The minimum absolute atomic E-state index is 0.0381. The van der Waals surface area contributed by atoms with Crippen LogP contribution in [0.1, 0.15) is 23.0 Å². The summed E-state index contributed by atoms with van der Waals surface area (Å²) in [5.74, 6) is -0.688. The molecule has 0 radical (unpaired) electrons. The molecule has 1 atom stereocenters. The Labute approximate surface area is 197 Å². The fourth-order valence-corrected chi connectivity index (χ4v) is 7.66. The van der Waals surface area contributed by atoms with E-state index in [0.29, 0.717) is 16.9 Å². The molecule has 1 aromatic heterocycles. The maximum Gasteiger partial charge on any atom is 0.278 e. The van der Waals surface area contributed by atoms with Crippen LogP contribution in [0.3, 0.4) is 0 Å². The number of nitrogens with one attached hydrogen (secondary N) is 1. The largest absolute Gasteiger partial charge is 0.392 e. The number of nitrogen functional groups attached to an aromatic ring is 1. The SMILES string of the molecule is CCP(=O)(CS(=O)(=O)c1ccc(NC(=O)c2nc(-c3ccc(CO)cc3)cnc2N)cc1)OC. The van der Waals surface area contributed by atoms with Gasteiger partial charge in [0.25, 0.3) is 5.91 Å². The number of hydrogen-bond acceptors (Lipinski definition) is 9. The first-order valence-corrected chi connectivity index (χ1v) is 13.9. The van der Waals surface area contributed by atoms with Gasteiger partial charge in [-0.2, -0.15) is 0 Å². The van der Waals surface area contributed by atoms with Crippen LogP contribution in [0.4, 0.5) is 11.5 Å². The lowest BCUT2D eigenvalue weighted by molar-refractivity contribution is 0.102. The first-order chi connectivity index (χ1) is 16.1. The molecule has 1 heterocycles. The summed E-state index contributed by atoms with van der Waals surface area (Å²) in [5.41, 5.74) is 7.31. The second kappa shape index (κ2) is 10.4. The number of rotatable bonds is 9. The molecule has 0 spiro atoms. The third kappa shape index (κ3) is 5.87. The summed E-state index contributed by atoms with van der Waals surface area (Å²) >= 11 is 0. The molecule has 0 aliphatic rings. The number of sulfone groups is 1. The van der Waals surface area contributed by atoms with E-state index in [1.165, 1.54) is 37.6 Å². The van der Waals surface area contributed by atoms with Crippen molar-refractivity contribution in [3.8, 4) is 11.3 Å². The van der Waals surface area contributed by atoms with Crippen LogP contribution in [-0.2, 0) is 25.5 Å². The van der Waals surface area contributed by atoms with Crippen LogP contribution < -0.4 is 11.1 Å². The molecule has 2 aromatic carbocycles. The lowest BCUT2D eigenvalue weighted by Crippen LogP contribution is -2.17. The first kappa shape index (κ1) is 25.5. The molecule has 0 saturated heterocycles. The standard InChI is InChI=1S/C22H25N4O6PS/c1-3-33(29,32-2)14-34(30,31)18-10-8-17(9-11-18)25-22(28)20-21(23)24-12-19(26-20)16-6-4-15(13-27)5-7-16/h4-12,27H,3,13-14H2,1-2H3,(H2,23,24)(H,25,28). The molecule has 10 nitrogen and oxygen atoms in total. The van der Waals surface area contributed by atoms with E-state index in [1.54, 1.807) is 31.2 Å². The predicted molar refractivity (Wildman–Crippen MR) is 129 cm³/mol. The molecule has 0 aliphatic carbocycles. The van der Waals surface area contributed by atoms with Gasteiger partial charge in [0.1, 0.15) is 5.49 Å². The van der Waals surface area contributed by atoms with Crippen LogP contribution in [0, 0.1) is 0 Å². The summed E-state index contributed by atoms with van der Waals surface area (Å²) in [6.45, 7) is 1.51. The Morgan fingerprint density at radius 2 is 1.79 bits per heavy atom. The molecular weight excluding hydrogens is 479 g/mol. The summed E-state index contributed by atoms with van der Waals surface area (Å²) in [5, 5.41) is 11.8. The lowest BCUT2D eigenvalue weighted by atomic mass is 10.1. The Balaban J connectivity index is 1.79. The Kier molecular flexibility index (Phi) is 7.83. The highest BCUT2D eigenvalue weighted by Crippen LogP contribution is 2.47. The van der Waals surface area contributed by atoms with Gasteiger partial charge in [-0.25, -0.2) is 18.4 Å². The molecule has 0 bridgehead atoms. The Hall–Kier alpha value is -3.11. The van der Waals surface area contributed by atoms with E-state index in [0.717, 1.165) is 5.56 Å². The van der Waals surface area contributed by atoms with Gasteiger partial charge in [-0.05, 0) is 29.8 Å². The predicted octanol–water partition coefficient (Wildman–Crippen LogP) is 3.15. The van der Waals surface area contributed by atoms with Gasteiger partial charge in [0.2, 0.25) is 7.37 Å². The van der Waals surface area contributed by atoms with Gasteiger partial charge in [-0.3, -0.25) is 9.36 Å². The lowest BCUT2D eigenvalue weighted by Gasteiger charge is -2.14. The van der Waals surface area contributed by atoms with E-state index in [1.807, 2.05) is 0 Å². The highest BCUT2D eigenvalue weighted by atomic mass is 32.2. The number of carbonyl (C=O) groups is 1. The van der Waals surface area contributed by atoms with Crippen molar-refractivity contribution < 1.29 is 27.4 Å². The molecule has 1 unspecified atom stereocenters. The molecule has 3 aromatic rings.